The van der Waals surface area contributed by atoms with Gasteiger partial charge in [-0.1, -0.05) is 11.3 Å². The van der Waals surface area contributed by atoms with E-state index < -0.39 is 0 Å². The van der Waals surface area contributed by atoms with Crippen LogP contribution in [0.5, 0.6) is 0 Å². The summed E-state index contributed by atoms with van der Waals surface area (Å²) < 4.78 is 7.02. The van der Waals surface area contributed by atoms with Gasteiger partial charge < -0.3 is 9.30 Å². The van der Waals surface area contributed by atoms with Gasteiger partial charge in [0.05, 0.1) is 24.3 Å². The van der Waals surface area contributed by atoms with Gasteiger partial charge in [0.15, 0.2) is 10.8 Å². The molecule has 126 valence electrons. The number of hydrogen-bond acceptors (Lipinski definition) is 8. The van der Waals surface area contributed by atoms with Gasteiger partial charge in [-0.05, 0) is 27.7 Å². The van der Waals surface area contributed by atoms with Crippen LogP contribution in [0.4, 0.5) is 11.1 Å². The maximum atomic E-state index is 11.9. The van der Waals surface area contributed by atoms with E-state index in [-0.39, 0.29) is 5.97 Å². The maximum absolute atomic E-state index is 11.9. The quantitative estimate of drug-likeness (QED) is 0.710. The summed E-state index contributed by atoms with van der Waals surface area (Å²) in [4.78, 5) is 29.9. The van der Waals surface area contributed by atoms with E-state index in [1.54, 1.807) is 20.2 Å². The molecule has 0 aliphatic heterocycles. The molecule has 0 amide bonds. The van der Waals surface area contributed by atoms with Crippen LogP contribution in [-0.4, -0.2) is 37.1 Å². The lowest BCUT2D eigenvalue weighted by Crippen LogP contribution is -2.03. The van der Waals surface area contributed by atoms with Crippen molar-refractivity contribution in [3.63, 3.8) is 0 Å². The Morgan fingerprint density at radius 1 is 1.25 bits per heavy atom. The Balaban J connectivity index is 1.90. The van der Waals surface area contributed by atoms with Crippen LogP contribution in [0.15, 0.2) is 6.33 Å². The molecule has 3 rings (SSSR count). The first-order valence-electron chi connectivity index (χ1n) is 7.64. The van der Waals surface area contributed by atoms with Crippen LogP contribution in [0, 0.1) is 13.8 Å². The van der Waals surface area contributed by atoms with Gasteiger partial charge in [-0.2, -0.15) is 4.98 Å². The molecule has 3 aromatic rings. The molecule has 0 aliphatic carbocycles. The number of fused-ring (bicyclic) bond motifs is 1. The lowest BCUT2D eigenvalue weighted by Gasteiger charge is -2.05. The van der Waals surface area contributed by atoms with Crippen LogP contribution in [-0.2, 0) is 11.3 Å². The number of anilines is 2. The zero-order chi connectivity index (χ0) is 17.3. The van der Waals surface area contributed by atoms with E-state index in [2.05, 4.69) is 25.3 Å². The van der Waals surface area contributed by atoms with Crippen molar-refractivity contribution in [2.75, 3.05) is 11.9 Å². The summed E-state index contributed by atoms with van der Waals surface area (Å²) in [5.74, 6) is 0.0419. The number of ether oxygens (including phenoxy) is 1. The number of aromatic nitrogens is 5. The second-order valence-corrected chi connectivity index (χ2v) is 6.11. The third kappa shape index (κ3) is 2.94. The number of hydrogen-bond donors (Lipinski definition) is 1. The lowest BCUT2D eigenvalue weighted by molar-refractivity contribution is 0.0531. The molecule has 0 unspecified atom stereocenters. The number of thiazole rings is 1. The summed E-state index contributed by atoms with van der Waals surface area (Å²) in [6.45, 7) is 8.64. The van der Waals surface area contributed by atoms with Gasteiger partial charge in [-0.25, -0.2) is 19.7 Å². The average Bonchev–Trinajstić information content (AvgIpc) is 3.11. The van der Waals surface area contributed by atoms with Crippen LogP contribution >= 0.6 is 11.3 Å². The number of esters is 1. The first-order chi connectivity index (χ1) is 11.5. The van der Waals surface area contributed by atoms with Crippen molar-refractivity contribution < 1.29 is 9.53 Å². The smallest absolute Gasteiger partial charge is 0.350 e. The first kappa shape index (κ1) is 16.3. The van der Waals surface area contributed by atoms with E-state index >= 15 is 0 Å². The number of nitrogens with zero attached hydrogens (tertiary/aromatic N) is 5. The Morgan fingerprint density at radius 3 is 2.75 bits per heavy atom. The third-order valence-corrected chi connectivity index (χ3v) is 4.52. The SMILES string of the molecule is CCOC(=O)c1sc(Nc2nc(C)c3c(ncn3CC)n2)nc1C. The molecule has 0 saturated carbocycles. The minimum absolute atomic E-state index is 0.331. The number of carbonyl (C=O) groups excluding carboxylic acids is 1. The molecule has 1 N–H and O–H groups in total. The molecule has 24 heavy (non-hydrogen) atoms. The number of rotatable bonds is 5. The Morgan fingerprint density at radius 2 is 2.04 bits per heavy atom. The van der Waals surface area contributed by atoms with Crippen molar-refractivity contribution in [3.05, 3.63) is 22.6 Å². The fourth-order valence-electron chi connectivity index (χ4n) is 2.39. The number of aryl methyl sites for hydroxylation is 3. The predicted molar refractivity (Wildman–Crippen MR) is 91.8 cm³/mol. The standard InChI is InChI=1S/C15H18N6O2S/c1-5-21-7-16-12-10(21)8(3)17-14(19-12)20-15-18-9(4)11(24-15)13(22)23-6-2/h7H,5-6H2,1-4H3,(H,17,18,19,20). The van der Waals surface area contributed by atoms with Crippen molar-refractivity contribution >= 4 is 39.5 Å². The molecule has 0 bridgehead atoms. The Kier molecular flexibility index (Phi) is 4.43. The van der Waals surface area contributed by atoms with Gasteiger partial charge in [0.2, 0.25) is 5.95 Å². The van der Waals surface area contributed by atoms with Gasteiger partial charge >= 0.3 is 5.97 Å². The molecule has 0 saturated heterocycles. The minimum atomic E-state index is -0.366. The molecule has 0 fully saturated rings. The van der Waals surface area contributed by atoms with Crippen LogP contribution < -0.4 is 5.32 Å². The van der Waals surface area contributed by atoms with Gasteiger partial charge in [0, 0.05) is 6.54 Å². The molecule has 0 aromatic carbocycles. The van der Waals surface area contributed by atoms with Crippen LogP contribution in [0.3, 0.4) is 0 Å². The molecule has 3 heterocycles. The Labute approximate surface area is 142 Å². The summed E-state index contributed by atoms with van der Waals surface area (Å²) in [6, 6.07) is 0. The molecular formula is C15H18N6O2S. The van der Waals surface area contributed by atoms with Gasteiger partial charge in [0.25, 0.3) is 0 Å². The summed E-state index contributed by atoms with van der Waals surface area (Å²) in [5.41, 5.74) is 3.01. The van der Waals surface area contributed by atoms with Crippen molar-refractivity contribution in [3.8, 4) is 0 Å². The number of nitrogens with one attached hydrogen (secondary N) is 1. The Hall–Kier alpha value is -2.55. The van der Waals surface area contributed by atoms with Gasteiger partial charge in [-0.15, -0.1) is 0 Å². The van der Waals surface area contributed by atoms with E-state index in [0.29, 0.717) is 33.9 Å². The fraction of sp³-hybridized carbons (Fsp3) is 0.400. The van der Waals surface area contributed by atoms with E-state index in [1.165, 1.54) is 11.3 Å². The Bertz CT molecular complexity index is 901. The second-order valence-electron chi connectivity index (χ2n) is 5.11. The van der Waals surface area contributed by atoms with E-state index in [0.717, 1.165) is 17.8 Å². The molecule has 0 radical (unpaired) electrons. The minimum Gasteiger partial charge on any atom is -0.462 e. The highest BCUT2D eigenvalue weighted by Gasteiger charge is 2.17. The number of imidazole rings is 1. The highest BCUT2D eigenvalue weighted by atomic mass is 32.1. The van der Waals surface area contributed by atoms with Crippen molar-refractivity contribution in [1.29, 1.82) is 0 Å². The van der Waals surface area contributed by atoms with E-state index in [1.807, 2.05) is 18.4 Å². The van der Waals surface area contributed by atoms with E-state index in [4.69, 9.17) is 4.74 Å². The molecule has 3 aromatic heterocycles. The highest BCUT2D eigenvalue weighted by Crippen LogP contribution is 2.26. The van der Waals surface area contributed by atoms with E-state index in [9.17, 15) is 4.79 Å². The largest absolute Gasteiger partial charge is 0.462 e. The fourth-order valence-corrected chi connectivity index (χ4v) is 3.24. The van der Waals surface area contributed by atoms with Crippen molar-refractivity contribution in [1.82, 2.24) is 24.5 Å². The molecule has 0 aliphatic rings. The molecule has 8 nitrogen and oxygen atoms in total. The van der Waals surface area contributed by atoms with Gasteiger partial charge in [-0.3, -0.25) is 5.32 Å². The topological polar surface area (TPSA) is 94.8 Å². The number of carbonyl (C=O) groups is 1. The second kappa shape index (κ2) is 6.52. The third-order valence-electron chi connectivity index (χ3n) is 3.46. The maximum Gasteiger partial charge on any atom is 0.350 e. The van der Waals surface area contributed by atoms with Gasteiger partial charge in [0.1, 0.15) is 10.4 Å². The summed E-state index contributed by atoms with van der Waals surface area (Å²) >= 11 is 1.22. The van der Waals surface area contributed by atoms with Crippen molar-refractivity contribution in [2.24, 2.45) is 0 Å². The average molecular weight is 346 g/mol. The normalized spacial score (nSPS) is 11.0. The van der Waals surface area contributed by atoms with Crippen LogP contribution in [0.1, 0.15) is 34.9 Å². The van der Waals surface area contributed by atoms with Crippen LogP contribution in [0.25, 0.3) is 11.2 Å². The molecule has 0 spiro atoms. The first-order valence-corrected chi connectivity index (χ1v) is 8.46. The molecular weight excluding hydrogens is 328 g/mol. The zero-order valence-corrected chi connectivity index (χ0v) is 14.8. The molecule has 9 heteroatoms. The predicted octanol–water partition coefficient (Wildman–Crippen LogP) is 2.84. The lowest BCUT2D eigenvalue weighted by atomic mass is 10.4. The molecule has 0 atom stereocenters. The highest BCUT2D eigenvalue weighted by molar-refractivity contribution is 7.17. The summed E-state index contributed by atoms with van der Waals surface area (Å²) in [7, 11) is 0. The zero-order valence-electron chi connectivity index (χ0n) is 14.0. The monoisotopic (exact) mass is 346 g/mol. The summed E-state index contributed by atoms with van der Waals surface area (Å²) in [6.07, 6.45) is 1.75. The summed E-state index contributed by atoms with van der Waals surface area (Å²) in [5, 5.41) is 3.60. The van der Waals surface area contributed by atoms with Crippen molar-refractivity contribution in [2.45, 2.75) is 34.2 Å². The van der Waals surface area contributed by atoms with Crippen LogP contribution in [0.2, 0.25) is 0 Å².